The van der Waals surface area contributed by atoms with E-state index >= 15 is 0 Å². The maximum Gasteiger partial charge on any atom is 0.260 e. The summed E-state index contributed by atoms with van der Waals surface area (Å²) in [7, 11) is 1.76. The van der Waals surface area contributed by atoms with Gasteiger partial charge in [-0.3, -0.25) is 9.80 Å². The maximum atomic E-state index is 12.4. The molecule has 1 heterocycles. The van der Waals surface area contributed by atoms with Crippen LogP contribution in [-0.4, -0.2) is 13.0 Å². The Morgan fingerprint density at radius 1 is 0.889 bits per heavy atom. The van der Waals surface area contributed by atoms with Gasteiger partial charge in [-0.15, -0.1) is 0 Å². The van der Waals surface area contributed by atoms with Crippen molar-refractivity contribution in [3.63, 3.8) is 0 Å². The second kappa shape index (κ2) is 3.85. The van der Waals surface area contributed by atoms with E-state index in [-0.39, 0.29) is 5.91 Å². The molecular weight excluding hydrogens is 226 g/mol. The fraction of sp³-hybridized carbons (Fsp3) is 0.0714. The third kappa shape index (κ3) is 1.39. The summed E-state index contributed by atoms with van der Waals surface area (Å²) in [6.07, 6.45) is 0. The van der Waals surface area contributed by atoms with Crippen molar-refractivity contribution in [1.82, 2.24) is 0 Å². The highest BCUT2D eigenvalue weighted by atomic mass is 16.2. The number of carbonyl (C=O) groups excluding carboxylic acids is 1. The Balaban J connectivity index is 2.31. The summed E-state index contributed by atoms with van der Waals surface area (Å²) in [6.45, 7) is 0. The molecule has 0 atom stereocenters. The molecule has 0 aromatic heterocycles. The smallest absolute Gasteiger partial charge is 0.260 e. The van der Waals surface area contributed by atoms with Crippen molar-refractivity contribution in [3.05, 3.63) is 54.1 Å². The van der Waals surface area contributed by atoms with Gasteiger partial charge >= 0.3 is 0 Å². The number of carbonyl (C=O) groups is 1. The third-order valence-corrected chi connectivity index (χ3v) is 3.20. The van der Waals surface area contributed by atoms with Gasteiger partial charge in [-0.05, 0) is 24.3 Å². The largest absolute Gasteiger partial charge is 0.309 e. The molecule has 0 fully saturated rings. The number of nitrogens with zero attached hydrogens (tertiary/aromatic N) is 2. The van der Waals surface area contributed by atoms with Crippen LogP contribution in [-0.2, 0) is 0 Å². The minimum absolute atomic E-state index is 0.0500. The number of benzene rings is 2. The molecule has 2 N–H and O–H groups in total. The number of hydrazine groups is 1. The van der Waals surface area contributed by atoms with Gasteiger partial charge in [-0.2, -0.15) is 0 Å². The minimum Gasteiger partial charge on any atom is -0.309 e. The van der Waals surface area contributed by atoms with E-state index in [2.05, 4.69) is 0 Å². The molecule has 3 rings (SSSR count). The lowest BCUT2D eigenvalue weighted by Crippen LogP contribution is -2.25. The molecule has 2 aromatic rings. The lowest BCUT2D eigenvalue weighted by molar-refractivity contribution is 0.0994. The van der Waals surface area contributed by atoms with E-state index in [0.29, 0.717) is 5.56 Å². The zero-order valence-corrected chi connectivity index (χ0v) is 10.00. The molecule has 2 aromatic carbocycles. The molecule has 1 aliphatic rings. The van der Waals surface area contributed by atoms with Gasteiger partial charge < -0.3 is 4.90 Å². The van der Waals surface area contributed by atoms with E-state index < -0.39 is 0 Å². The zero-order chi connectivity index (χ0) is 12.7. The first kappa shape index (κ1) is 10.8. The van der Waals surface area contributed by atoms with Gasteiger partial charge in [0, 0.05) is 7.05 Å². The number of hydrogen-bond donors (Lipinski definition) is 1. The first-order valence-corrected chi connectivity index (χ1v) is 5.71. The average molecular weight is 239 g/mol. The molecule has 90 valence electrons. The molecule has 0 saturated heterocycles. The maximum absolute atomic E-state index is 12.4. The normalized spacial score (nSPS) is 14.0. The topological polar surface area (TPSA) is 49.6 Å². The van der Waals surface area contributed by atoms with Gasteiger partial charge in [0.15, 0.2) is 0 Å². The van der Waals surface area contributed by atoms with Gasteiger partial charge in [0.1, 0.15) is 0 Å². The van der Waals surface area contributed by atoms with Crippen molar-refractivity contribution < 1.29 is 4.79 Å². The Bertz CT molecular complexity index is 624. The van der Waals surface area contributed by atoms with Crippen LogP contribution in [0.25, 0.3) is 0 Å². The van der Waals surface area contributed by atoms with Crippen LogP contribution in [0.1, 0.15) is 10.4 Å². The Morgan fingerprint density at radius 3 is 2.17 bits per heavy atom. The molecule has 0 saturated carbocycles. The molecule has 1 aliphatic heterocycles. The van der Waals surface area contributed by atoms with Crippen LogP contribution in [0, 0.1) is 0 Å². The fourth-order valence-electron chi connectivity index (χ4n) is 2.24. The lowest BCUT2D eigenvalue weighted by atomic mass is 10.1. The van der Waals surface area contributed by atoms with Crippen LogP contribution in [0.4, 0.5) is 17.1 Å². The molecule has 4 heteroatoms. The molecular formula is C14H13N3O. The summed E-state index contributed by atoms with van der Waals surface area (Å²) in [5, 5.41) is 1.56. The van der Waals surface area contributed by atoms with E-state index in [9.17, 15) is 4.79 Å². The fourth-order valence-corrected chi connectivity index (χ4v) is 2.24. The average Bonchev–Trinajstić information content (AvgIpc) is 2.51. The van der Waals surface area contributed by atoms with Crippen LogP contribution >= 0.6 is 0 Å². The monoisotopic (exact) mass is 239 g/mol. The van der Waals surface area contributed by atoms with Crippen LogP contribution in [0.3, 0.4) is 0 Å². The minimum atomic E-state index is -0.0500. The van der Waals surface area contributed by atoms with Crippen molar-refractivity contribution in [2.75, 3.05) is 17.0 Å². The molecule has 0 radical (unpaired) electrons. The van der Waals surface area contributed by atoms with Gasteiger partial charge in [-0.25, -0.2) is 5.84 Å². The Morgan fingerprint density at radius 2 is 1.44 bits per heavy atom. The molecule has 0 bridgehead atoms. The quantitative estimate of drug-likeness (QED) is 0.717. The van der Waals surface area contributed by atoms with Crippen molar-refractivity contribution in [3.8, 4) is 0 Å². The van der Waals surface area contributed by atoms with E-state index in [1.807, 2.05) is 42.5 Å². The zero-order valence-electron chi connectivity index (χ0n) is 10.00. The van der Waals surface area contributed by atoms with Gasteiger partial charge in [0.25, 0.3) is 5.91 Å². The Hall–Kier alpha value is -2.33. The number of nitrogens with two attached hydrogens (primary N) is 1. The number of amides is 1. The lowest BCUT2D eigenvalue weighted by Gasteiger charge is -2.21. The Labute approximate surface area is 105 Å². The highest BCUT2D eigenvalue weighted by Crippen LogP contribution is 2.37. The number of rotatable bonds is 0. The summed E-state index contributed by atoms with van der Waals surface area (Å²) in [5.74, 6) is 6.09. The number of fused-ring (bicyclic) bond motifs is 2. The van der Waals surface area contributed by atoms with Crippen LogP contribution in [0.15, 0.2) is 48.5 Å². The van der Waals surface area contributed by atoms with Gasteiger partial charge in [0.2, 0.25) is 0 Å². The highest BCUT2D eigenvalue weighted by Gasteiger charge is 2.26. The summed E-state index contributed by atoms with van der Waals surface area (Å²) in [4.78, 5) is 14.0. The molecule has 4 nitrogen and oxygen atoms in total. The second-order valence-corrected chi connectivity index (χ2v) is 4.24. The summed E-state index contributed by atoms with van der Waals surface area (Å²) < 4.78 is 0. The molecule has 18 heavy (non-hydrogen) atoms. The van der Waals surface area contributed by atoms with E-state index in [4.69, 9.17) is 5.84 Å². The molecule has 1 amide bonds. The van der Waals surface area contributed by atoms with Crippen LogP contribution in [0.2, 0.25) is 0 Å². The SMILES string of the molecule is CN1C(=O)c2ccccc2N(N)c2ccccc21. The predicted molar refractivity (Wildman–Crippen MR) is 71.9 cm³/mol. The van der Waals surface area contributed by atoms with Crippen molar-refractivity contribution in [2.45, 2.75) is 0 Å². The summed E-state index contributed by atoms with van der Waals surface area (Å²) in [5.41, 5.74) is 2.96. The van der Waals surface area contributed by atoms with Crippen molar-refractivity contribution in [2.24, 2.45) is 5.84 Å². The first-order chi connectivity index (χ1) is 8.70. The number of anilines is 3. The summed E-state index contributed by atoms with van der Waals surface area (Å²) >= 11 is 0. The molecule has 0 aliphatic carbocycles. The molecule has 0 unspecified atom stereocenters. The summed E-state index contributed by atoms with van der Waals surface area (Å²) in [6, 6.07) is 15.0. The van der Waals surface area contributed by atoms with E-state index in [0.717, 1.165) is 17.1 Å². The van der Waals surface area contributed by atoms with Crippen LogP contribution in [0.5, 0.6) is 0 Å². The molecule has 0 spiro atoms. The second-order valence-electron chi connectivity index (χ2n) is 4.24. The number of para-hydroxylation sites is 3. The third-order valence-electron chi connectivity index (χ3n) is 3.20. The standard InChI is InChI=1S/C14H13N3O/c1-16-12-8-4-5-9-13(12)17(15)11-7-3-2-6-10(11)14(16)18/h2-9H,15H2,1H3. The Kier molecular flexibility index (Phi) is 2.31. The van der Waals surface area contributed by atoms with Crippen molar-refractivity contribution >= 4 is 23.0 Å². The predicted octanol–water partition coefficient (Wildman–Crippen LogP) is 2.29. The highest BCUT2D eigenvalue weighted by molar-refractivity contribution is 6.13. The van der Waals surface area contributed by atoms with Gasteiger partial charge in [-0.1, -0.05) is 24.3 Å². The van der Waals surface area contributed by atoms with E-state index in [1.54, 1.807) is 23.0 Å². The van der Waals surface area contributed by atoms with Gasteiger partial charge in [0.05, 0.1) is 22.6 Å². The van der Waals surface area contributed by atoms with Crippen LogP contribution < -0.4 is 15.8 Å². The van der Waals surface area contributed by atoms with E-state index in [1.165, 1.54) is 0 Å². The van der Waals surface area contributed by atoms with Crippen molar-refractivity contribution in [1.29, 1.82) is 0 Å². The number of hydrogen-bond acceptors (Lipinski definition) is 3. The first-order valence-electron chi connectivity index (χ1n) is 5.71.